The molecule has 1 atom stereocenters. The zero-order valence-corrected chi connectivity index (χ0v) is 6.88. The summed E-state index contributed by atoms with van der Waals surface area (Å²) in [6.07, 6.45) is 1.58. The highest BCUT2D eigenvalue weighted by molar-refractivity contribution is 5.06. The van der Waals surface area contributed by atoms with Crippen LogP contribution >= 0.6 is 0 Å². The van der Waals surface area contributed by atoms with Crippen LogP contribution < -0.4 is 0 Å². The predicted octanol–water partition coefficient (Wildman–Crippen LogP) is 2.99. The van der Waals surface area contributed by atoms with Gasteiger partial charge in [-0.2, -0.15) is 0 Å². The Hall–Kier alpha value is -0.790. The third-order valence-corrected chi connectivity index (χ3v) is 1.88. The van der Waals surface area contributed by atoms with Gasteiger partial charge in [0.15, 0.2) is 0 Å². The van der Waals surface area contributed by atoms with Gasteiger partial charge in [-0.1, -0.05) is 13.8 Å². The van der Waals surface area contributed by atoms with Crippen molar-refractivity contribution in [2.45, 2.75) is 19.8 Å². The summed E-state index contributed by atoms with van der Waals surface area (Å²) in [5.74, 6) is 0.971. The number of rotatable bonds is 3. The highest BCUT2D eigenvalue weighted by Gasteiger charge is 2.17. The topological polar surface area (TPSA) is 13.1 Å². The molecule has 0 saturated carbocycles. The average Bonchev–Trinajstić information content (AvgIpc) is 2.40. The average molecular weight is 156 g/mol. The fourth-order valence-electron chi connectivity index (χ4n) is 1.08. The van der Waals surface area contributed by atoms with Crippen LogP contribution in [0.25, 0.3) is 0 Å². The second-order valence-electron chi connectivity index (χ2n) is 3.02. The fraction of sp³-hybridized carbons (Fsp3) is 0.556. The maximum absolute atomic E-state index is 12.4. The summed E-state index contributed by atoms with van der Waals surface area (Å²) in [4.78, 5) is 0. The molecule has 0 fully saturated rings. The smallest absolute Gasteiger partial charge is 0.109 e. The van der Waals surface area contributed by atoms with E-state index in [4.69, 9.17) is 4.42 Å². The highest BCUT2D eigenvalue weighted by atomic mass is 19.1. The van der Waals surface area contributed by atoms with E-state index in [0.29, 0.717) is 5.92 Å². The Bertz CT molecular complexity index is 191. The Labute approximate surface area is 66.2 Å². The van der Waals surface area contributed by atoms with E-state index in [1.807, 2.05) is 19.9 Å². The molecular weight excluding hydrogens is 143 g/mol. The van der Waals surface area contributed by atoms with Gasteiger partial charge in [0.05, 0.1) is 12.9 Å². The first kappa shape index (κ1) is 8.31. The van der Waals surface area contributed by atoms with Gasteiger partial charge in [-0.3, -0.25) is 4.39 Å². The van der Waals surface area contributed by atoms with Crippen molar-refractivity contribution < 1.29 is 8.81 Å². The van der Waals surface area contributed by atoms with Crippen LogP contribution in [0.5, 0.6) is 0 Å². The molecule has 1 heterocycles. The van der Waals surface area contributed by atoms with Gasteiger partial charge in [0.1, 0.15) is 5.76 Å². The molecule has 0 aliphatic heterocycles. The summed E-state index contributed by atoms with van der Waals surface area (Å²) in [6.45, 7) is 3.64. The first-order chi connectivity index (χ1) is 5.25. The third kappa shape index (κ3) is 1.82. The Balaban J connectivity index is 2.71. The molecule has 1 unspecified atom stereocenters. The maximum atomic E-state index is 12.4. The third-order valence-electron chi connectivity index (χ3n) is 1.88. The molecule has 0 radical (unpaired) electrons. The number of furan rings is 1. The van der Waals surface area contributed by atoms with Crippen molar-refractivity contribution in [3.63, 3.8) is 0 Å². The van der Waals surface area contributed by atoms with E-state index >= 15 is 0 Å². The molecule has 11 heavy (non-hydrogen) atoms. The number of hydrogen-bond donors (Lipinski definition) is 0. The molecule has 2 heteroatoms. The molecule has 0 saturated heterocycles. The van der Waals surface area contributed by atoms with Crippen molar-refractivity contribution in [2.75, 3.05) is 6.67 Å². The monoisotopic (exact) mass is 156 g/mol. The van der Waals surface area contributed by atoms with Crippen LogP contribution in [-0.2, 0) is 0 Å². The van der Waals surface area contributed by atoms with E-state index in [9.17, 15) is 4.39 Å². The second kappa shape index (κ2) is 3.56. The molecule has 1 nitrogen and oxygen atoms in total. The summed E-state index contributed by atoms with van der Waals surface area (Å²) in [7, 11) is 0. The molecule has 1 aromatic rings. The van der Waals surface area contributed by atoms with E-state index in [2.05, 4.69) is 0 Å². The minimum atomic E-state index is -0.342. The number of alkyl halides is 1. The van der Waals surface area contributed by atoms with Gasteiger partial charge in [0.25, 0.3) is 0 Å². The SMILES string of the molecule is CC(C)C(CF)c1ccco1. The van der Waals surface area contributed by atoms with E-state index in [-0.39, 0.29) is 12.6 Å². The van der Waals surface area contributed by atoms with Gasteiger partial charge in [-0.15, -0.1) is 0 Å². The molecule has 1 aromatic heterocycles. The largest absolute Gasteiger partial charge is 0.469 e. The van der Waals surface area contributed by atoms with Gasteiger partial charge in [0, 0.05) is 5.92 Å². The molecule has 0 amide bonds. The summed E-state index contributed by atoms with van der Waals surface area (Å²) in [5.41, 5.74) is 0. The molecule has 0 aliphatic carbocycles. The zero-order valence-electron chi connectivity index (χ0n) is 6.88. The lowest BCUT2D eigenvalue weighted by Crippen LogP contribution is -2.07. The second-order valence-corrected chi connectivity index (χ2v) is 3.02. The van der Waals surface area contributed by atoms with Crippen molar-refractivity contribution in [2.24, 2.45) is 5.92 Å². The van der Waals surface area contributed by atoms with Crippen molar-refractivity contribution >= 4 is 0 Å². The number of halogens is 1. The first-order valence-corrected chi connectivity index (χ1v) is 3.85. The van der Waals surface area contributed by atoms with E-state index in [1.54, 1.807) is 12.3 Å². The van der Waals surface area contributed by atoms with Crippen molar-refractivity contribution in [3.8, 4) is 0 Å². The lowest BCUT2D eigenvalue weighted by Gasteiger charge is -2.13. The van der Waals surface area contributed by atoms with Gasteiger partial charge in [-0.25, -0.2) is 0 Å². The molecule has 0 bridgehead atoms. The van der Waals surface area contributed by atoms with Crippen LogP contribution in [0.3, 0.4) is 0 Å². The van der Waals surface area contributed by atoms with E-state index in [0.717, 1.165) is 5.76 Å². The quantitative estimate of drug-likeness (QED) is 0.655. The Morgan fingerprint density at radius 2 is 2.27 bits per heavy atom. The highest BCUT2D eigenvalue weighted by Crippen LogP contribution is 2.24. The zero-order chi connectivity index (χ0) is 8.27. The summed E-state index contributed by atoms with van der Waals surface area (Å²) < 4.78 is 17.5. The van der Waals surface area contributed by atoms with Crippen molar-refractivity contribution in [3.05, 3.63) is 24.2 Å². The molecule has 0 spiro atoms. The van der Waals surface area contributed by atoms with Crippen LogP contribution in [0, 0.1) is 5.92 Å². The molecular formula is C9H13FO. The summed E-state index contributed by atoms with van der Waals surface area (Å²) in [5, 5.41) is 0. The Morgan fingerprint density at radius 1 is 1.55 bits per heavy atom. The lowest BCUT2D eigenvalue weighted by atomic mass is 9.95. The molecule has 0 N–H and O–H groups in total. The fourth-order valence-corrected chi connectivity index (χ4v) is 1.08. The van der Waals surface area contributed by atoms with Crippen LogP contribution in [0.15, 0.2) is 22.8 Å². The molecule has 0 aromatic carbocycles. The normalized spacial score (nSPS) is 13.8. The molecule has 1 rings (SSSR count). The van der Waals surface area contributed by atoms with E-state index in [1.165, 1.54) is 0 Å². The van der Waals surface area contributed by atoms with Crippen LogP contribution in [0.2, 0.25) is 0 Å². The van der Waals surface area contributed by atoms with Crippen LogP contribution in [0.1, 0.15) is 25.5 Å². The van der Waals surface area contributed by atoms with Crippen LogP contribution in [0.4, 0.5) is 4.39 Å². The van der Waals surface area contributed by atoms with Gasteiger partial charge < -0.3 is 4.42 Å². The van der Waals surface area contributed by atoms with Gasteiger partial charge in [-0.05, 0) is 18.1 Å². The molecule has 0 aliphatic rings. The van der Waals surface area contributed by atoms with Gasteiger partial charge in [0.2, 0.25) is 0 Å². The minimum absolute atomic E-state index is 0.0787. The summed E-state index contributed by atoms with van der Waals surface area (Å²) in [6, 6.07) is 3.62. The standard InChI is InChI=1S/C9H13FO/c1-7(2)8(6-10)9-4-3-5-11-9/h3-5,7-8H,6H2,1-2H3. The van der Waals surface area contributed by atoms with Crippen molar-refractivity contribution in [1.29, 1.82) is 0 Å². The minimum Gasteiger partial charge on any atom is -0.469 e. The maximum Gasteiger partial charge on any atom is 0.109 e. The number of hydrogen-bond acceptors (Lipinski definition) is 1. The summed E-state index contributed by atoms with van der Waals surface area (Å²) >= 11 is 0. The molecule has 62 valence electrons. The van der Waals surface area contributed by atoms with Crippen LogP contribution in [-0.4, -0.2) is 6.67 Å². The lowest BCUT2D eigenvalue weighted by molar-refractivity contribution is 0.319. The van der Waals surface area contributed by atoms with Gasteiger partial charge >= 0.3 is 0 Å². The Kier molecular flexibility index (Phi) is 2.69. The van der Waals surface area contributed by atoms with Crippen molar-refractivity contribution in [1.82, 2.24) is 0 Å². The van der Waals surface area contributed by atoms with E-state index < -0.39 is 0 Å². The Morgan fingerprint density at radius 3 is 2.64 bits per heavy atom. The predicted molar refractivity (Wildman–Crippen MR) is 42.3 cm³/mol. The first-order valence-electron chi connectivity index (χ1n) is 3.85.